The van der Waals surface area contributed by atoms with Crippen molar-refractivity contribution >= 4 is 0 Å². The average Bonchev–Trinajstić information content (AvgIpc) is 2.93. The zero-order valence-electron chi connectivity index (χ0n) is 11.7. The van der Waals surface area contributed by atoms with Crippen molar-refractivity contribution in [3.05, 3.63) is 71.4 Å². The van der Waals surface area contributed by atoms with Gasteiger partial charge >= 0.3 is 0 Å². The van der Waals surface area contributed by atoms with Gasteiger partial charge < -0.3 is 0 Å². The van der Waals surface area contributed by atoms with E-state index in [2.05, 4.69) is 35.4 Å². The smallest absolute Gasteiger partial charge is 0.190 e. The summed E-state index contributed by atoms with van der Waals surface area (Å²) >= 11 is 0. The SMILES string of the molecule is Cc1ccccc1Cn1nnc(C#N)c1-c1ccccc1. The lowest BCUT2D eigenvalue weighted by molar-refractivity contribution is 0.653. The first-order valence-corrected chi connectivity index (χ1v) is 6.73. The van der Waals surface area contributed by atoms with Crippen molar-refractivity contribution in [2.45, 2.75) is 13.5 Å². The molecule has 1 aromatic heterocycles. The lowest BCUT2D eigenvalue weighted by atomic mass is 10.1. The fraction of sp³-hybridized carbons (Fsp3) is 0.118. The fourth-order valence-corrected chi connectivity index (χ4v) is 2.33. The third kappa shape index (κ3) is 2.54. The Balaban J connectivity index is 2.07. The zero-order valence-corrected chi connectivity index (χ0v) is 11.7. The van der Waals surface area contributed by atoms with Gasteiger partial charge in [0.25, 0.3) is 0 Å². The Kier molecular flexibility index (Phi) is 3.48. The largest absolute Gasteiger partial charge is 0.239 e. The van der Waals surface area contributed by atoms with Crippen LogP contribution in [0, 0.1) is 18.3 Å². The van der Waals surface area contributed by atoms with Crippen LogP contribution in [0.5, 0.6) is 0 Å². The minimum Gasteiger partial charge on any atom is -0.239 e. The molecule has 0 saturated heterocycles. The monoisotopic (exact) mass is 274 g/mol. The Bertz CT molecular complexity index is 797. The molecule has 0 saturated carbocycles. The minimum atomic E-state index is 0.356. The molecule has 0 aliphatic rings. The van der Waals surface area contributed by atoms with Crippen molar-refractivity contribution < 1.29 is 0 Å². The van der Waals surface area contributed by atoms with E-state index < -0.39 is 0 Å². The third-order valence-corrected chi connectivity index (χ3v) is 3.47. The maximum Gasteiger partial charge on any atom is 0.190 e. The van der Waals surface area contributed by atoms with Crippen molar-refractivity contribution in [1.29, 1.82) is 5.26 Å². The predicted molar refractivity (Wildman–Crippen MR) is 80.5 cm³/mol. The highest BCUT2D eigenvalue weighted by Crippen LogP contribution is 2.22. The van der Waals surface area contributed by atoms with Crippen molar-refractivity contribution in [2.24, 2.45) is 0 Å². The molecular formula is C17H14N4. The normalized spacial score (nSPS) is 10.3. The summed E-state index contributed by atoms with van der Waals surface area (Å²) in [7, 11) is 0. The first kappa shape index (κ1) is 13.1. The number of aromatic nitrogens is 3. The van der Waals surface area contributed by atoms with E-state index >= 15 is 0 Å². The summed E-state index contributed by atoms with van der Waals surface area (Å²) in [4.78, 5) is 0. The first-order valence-electron chi connectivity index (χ1n) is 6.73. The predicted octanol–water partition coefficient (Wildman–Crippen LogP) is 3.17. The lowest BCUT2D eigenvalue weighted by Crippen LogP contribution is -2.05. The maximum atomic E-state index is 9.25. The van der Waals surface area contributed by atoms with Crippen LogP contribution in [0.2, 0.25) is 0 Å². The van der Waals surface area contributed by atoms with Crippen LogP contribution in [0.25, 0.3) is 11.3 Å². The quantitative estimate of drug-likeness (QED) is 0.737. The van der Waals surface area contributed by atoms with E-state index in [1.165, 1.54) is 11.1 Å². The number of nitrogens with zero attached hydrogens (tertiary/aromatic N) is 4. The second-order valence-electron chi connectivity index (χ2n) is 4.85. The van der Waals surface area contributed by atoms with Crippen LogP contribution < -0.4 is 0 Å². The van der Waals surface area contributed by atoms with Gasteiger partial charge in [-0.2, -0.15) is 5.26 Å². The summed E-state index contributed by atoms with van der Waals surface area (Å²) in [6.07, 6.45) is 0. The molecule has 2 aromatic carbocycles. The van der Waals surface area contributed by atoms with E-state index in [0.29, 0.717) is 12.2 Å². The third-order valence-electron chi connectivity index (χ3n) is 3.47. The van der Waals surface area contributed by atoms with Crippen LogP contribution in [0.4, 0.5) is 0 Å². The topological polar surface area (TPSA) is 54.5 Å². The fourth-order valence-electron chi connectivity index (χ4n) is 2.33. The van der Waals surface area contributed by atoms with E-state index in [1.54, 1.807) is 4.68 Å². The molecular weight excluding hydrogens is 260 g/mol. The summed E-state index contributed by atoms with van der Waals surface area (Å²) in [6, 6.07) is 20.1. The highest BCUT2D eigenvalue weighted by molar-refractivity contribution is 5.64. The Morgan fingerprint density at radius 2 is 1.76 bits per heavy atom. The molecule has 4 heteroatoms. The second kappa shape index (κ2) is 5.59. The zero-order chi connectivity index (χ0) is 14.7. The molecule has 0 fully saturated rings. The Hall–Kier alpha value is -2.93. The molecule has 3 aromatic rings. The number of aryl methyl sites for hydroxylation is 1. The van der Waals surface area contributed by atoms with Gasteiger partial charge in [0.2, 0.25) is 0 Å². The second-order valence-corrected chi connectivity index (χ2v) is 4.85. The van der Waals surface area contributed by atoms with Crippen LogP contribution in [0.3, 0.4) is 0 Å². The molecule has 21 heavy (non-hydrogen) atoms. The van der Waals surface area contributed by atoms with Gasteiger partial charge in [-0.1, -0.05) is 59.8 Å². The van der Waals surface area contributed by atoms with Gasteiger partial charge in [0.15, 0.2) is 5.69 Å². The molecule has 0 amide bonds. The number of hydrogen-bond donors (Lipinski definition) is 0. The Morgan fingerprint density at radius 1 is 1.05 bits per heavy atom. The van der Waals surface area contributed by atoms with E-state index in [-0.39, 0.29) is 0 Å². The molecule has 1 heterocycles. The molecule has 0 aliphatic carbocycles. The molecule has 0 aliphatic heterocycles. The van der Waals surface area contributed by atoms with Crippen LogP contribution in [-0.2, 0) is 6.54 Å². The van der Waals surface area contributed by atoms with E-state index in [4.69, 9.17) is 0 Å². The van der Waals surface area contributed by atoms with Crippen molar-refractivity contribution in [2.75, 3.05) is 0 Å². The molecule has 0 spiro atoms. The summed E-state index contributed by atoms with van der Waals surface area (Å²) < 4.78 is 1.79. The lowest BCUT2D eigenvalue weighted by Gasteiger charge is -2.09. The molecule has 0 bridgehead atoms. The van der Waals surface area contributed by atoms with Crippen LogP contribution >= 0.6 is 0 Å². The van der Waals surface area contributed by atoms with E-state index in [0.717, 1.165) is 11.3 Å². The molecule has 0 unspecified atom stereocenters. The Labute approximate surface area is 123 Å². The number of nitriles is 1. The van der Waals surface area contributed by atoms with Gasteiger partial charge in [0.1, 0.15) is 11.8 Å². The molecule has 4 nitrogen and oxygen atoms in total. The molecule has 102 valence electrons. The van der Waals surface area contributed by atoms with Crippen LogP contribution in [0.1, 0.15) is 16.8 Å². The van der Waals surface area contributed by atoms with Gasteiger partial charge in [0.05, 0.1) is 6.54 Å². The summed E-state index contributed by atoms with van der Waals surface area (Å²) in [5.41, 5.74) is 4.44. The number of hydrogen-bond acceptors (Lipinski definition) is 3. The molecule has 0 radical (unpaired) electrons. The van der Waals surface area contributed by atoms with Crippen molar-refractivity contribution in [3.8, 4) is 17.3 Å². The van der Waals surface area contributed by atoms with Crippen molar-refractivity contribution in [1.82, 2.24) is 15.0 Å². The van der Waals surface area contributed by atoms with E-state index in [1.807, 2.05) is 42.5 Å². The van der Waals surface area contributed by atoms with Gasteiger partial charge in [-0.15, -0.1) is 5.10 Å². The maximum absolute atomic E-state index is 9.25. The minimum absolute atomic E-state index is 0.356. The summed E-state index contributed by atoms with van der Waals surface area (Å²) in [5.74, 6) is 0. The standard InChI is InChI=1S/C17H14N4/c1-13-7-5-6-10-15(13)12-21-17(16(11-18)19-20-21)14-8-3-2-4-9-14/h2-10H,12H2,1H3. The molecule has 3 rings (SSSR count). The van der Waals surface area contributed by atoms with Gasteiger partial charge in [-0.3, -0.25) is 0 Å². The van der Waals surface area contributed by atoms with Gasteiger partial charge in [0, 0.05) is 5.56 Å². The number of rotatable bonds is 3. The molecule has 0 N–H and O–H groups in total. The van der Waals surface area contributed by atoms with Gasteiger partial charge in [-0.25, -0.2) is 4.68 Å². The van der Waals surface area contributed by atoms with Crippen LogP contribution in [0.15, 0.2) is 54.6 Å². The Morgan fingerprint density at radius 3 is 2.48 bits per heavy atom. The van der Waals surface area contributed by atoms with Gasteiger partial charge in [-0.05, 0) is 18.1 Å². The first-order chi connectivity index (χ1) is 10.3. The number of benzene rings is 2. The van der Waals surface area contributed by atoms with Crippen LogP contribution in [-0.4, -0.2) is 15.0 Å². The van der Waals surface area contributed by atoms with E-state index in [9.17, 15) is 5.26 Å². The highest BCUT2D eigenvalue weighted by Gasteiger charge is 2.15. The highest BCUT2D eigenvalue weighted by atomic mass is 15.4. The molecule has 0 atom stereocenters. The summed E-state index contributed by atoms with van der Waals surface area (Å²) in [6.45, 7) is 2.67. The summed E-state index contributed by atoms with van der Waals surface area (Å²) in [5, 5.41) is 17.4. The average molecular weight is 274 g/mol. The van der Waals surface area contributed by atoms with Crippen molar-refractivity contribution in [3.63, 3.8) is 0 Å².